The van der Waals surface area contributed by atoms with E-state index in [0.29, 0.717) is 18.3 Å². The van der Waals surface area contributed by atoms with Crippen molar-refractivity contribution in [3.63, 3.8) is 0 Å². The summed E-state index contributed by atoms with van der Waals surface area (Å²) in [5.41, 5.74) is 3.00. The van der Waals surface area contributed by atoms with Crippen LogP contribution in [0.4, 0.5) is 4.39 Å². The van der Waals surface area contributed by atoms with Crippen molar-refractivity contribution in [2.75, 3.05) is 0 Å². The highest BCUT2D eigenvalue weighted by Crippen LogP contribution is 2.23. The van der Waals surface area contributed by atoms with Crippen molar-refractivity contribution >= 4 is 11.3 Å². The lowest BCUT2D eigenvalue weighted by Crippen LogP contribution is -2.22. The fourth-order valence-electron chi connectivity index (χ4n) is 2.75. The van der Waals surface area contributed by atoms with Crippen LogP contribution in [-0.2, 0) is 6.54 Å². The summed E-state index contributed by atoms with van der Waals surface area (Å²) in [6, 6.07) is 18.3. The zero-order valence-electron chi connectivity index (χ0n) is 13.8. The smallest absolute Gasteiger partial charge is 0.240 e. The van der Waals surface area contributed by atoms with Crippen molar-refractivity contribution in [3.05, 3.63) is 94.3 Å². The SMILES string of the molecule is Fc1ccc(C(NCc2nc(-c3ccsc3)no2)c2ccccc2)cc1. The number of halogens is 1. The third-order valence-corrected chi connectivity index (χ3v) is 4.72. The molecular formula is C20H16FN3OS. The molecule has 2 aromatic carbocycles. The van der Waals surface area contributed by atoms with Crippen LogP contribution in [0.15, 0.2) is 75.9 Å². The van der Waals surface area contributed by atoms with E-state index >= 15 is 0 Å². The van der Waals surface area contributed by atoms with E-state index in [-0.39, 0.29) is 11.9 Å². The molecule has 0 amide bonds. The van der Waals surface area contributed by atoms with E-state index in [9.17, 15) is 4.39 Å². The van der Waals surface area contributed by atoms with E-state index in [1.54, 1.807) is 23.5 Å². The van der Waals surface area contributed by atoms with E-state index in [0.717, 1.165) is 16.7 Å². The highest BCUT2D eigenvalue weighted by Gasteiger charge is 2.16. The first kappa shape index (κ1) is 16.6. The minimum absolute atomic E-state index is 0.103. The summed E-state index contributed by atoms with van der Waals surface area (Å²) >= 11 is 1.59. The van der Waals surface area contributed by atoms with Crippen LogP contribution in [0.1, 0.15) is 23.1 Å². The molecule has 0 saturated heterocycles. The summed E-state index contributed by atoms with van der Waals surface area (Å²) in [4.78, 5) is 4.43. The normalized spacial score (nSPS) is 12.2. The van der Waals surface area contributed by atoms with Crippen molar-refractivity contribution in [1.82, 2.24) is 15.5 Å². The monoisotopic (exact) mass is 365 g/mol. The van der Waals surface area contributed by atoms with Crippen LogP contribution in [0, 0.1) is 5.82 Å². The molecule has 0 fully saturated rings. The molecule has 130 valence electrons. The zero-order valence-corrected chi connectivity index (χ0v) is 14.6. The molecule has 1 unspecified atom stereocenters. The van der Waals surface area contributed by atoms with Gasteiger partial charge in [-0.2, -0.15) is 16.3 Å². The minimum atomic E-state index is -0.252. The van der Waals surface area contributed by atoms with Gasteiger partial charge in [0.05, 0.1) is 12.6 Å². The van der Waals surface area contributed by atoms with E-state index in [1.165, 1.54) is 12.1 Å². The lowest BCUT2D eigenvalue weighted by molar-refractivity contribution is 0.363. The van der Waals surface area contributed by atoms with Gasteiger partial charge in [0.15, 0.2) is 0 Å². The lowest BCUT2D eigenvalue weighted by atomic mass is 9.98. The molecule has 2 aromatic heterocycles. The van der Waals surface area contributed by atoms with Gasteiger partial charge in [-0.3, -0.25) is 5.32 Å². The Morgan fingerprint density at radius 3 is 2.50 bits per heavy atom. The maximum absolute atomic E-state index is 13.3. The molecule has 26 heavy (non-hydrogen) atoms. The Kier molecular flexibility index (Phi) is 4.86. The summed E-state index contributed by atoms with van der Waals surface area (Å²) in [6.45, 7) is 0.411. The lowest BCUT2D eigenvalue weighted by Gasteiger charge is -2.19. The van der Waals surface area contributed by atoms with Crippen LogP contribution in [-0.4, -0.2) is 10.1 Å². The van der Waals surface area contributed by atoms with E-state index in [1.807, 2.05) is 47.2 Å². The molecular weight excluding hydrogens is 349 g/mol. The second-order valence-corrected chi connectivity index (χ2v) is 6.58. The molecule has 0 radical (unpaired) electrons. The van der Waals surface area contributed by atoms with Crippen LogP contribution in [0.3, 0.4) is 0 Å². The Morgan fingerprint density at radius 2 is 1.77 bits per heavy atom. The summed E-state index contributed by atoms with van der Waals surface area (Å²) in [7, 11) is 0. The van der Waals surface area contributed by atoms with Gasteiger partial charge in [0.2, 0.25) is 11.7 Å². The molecule has 6 heteroatoms. The Morgan fingerprint density at radius 1 is 1.00 bits per heavy atom. The number of rotatable bonds is 6. The van der Waals surface area contributed by atoms with Crippen molar-refractivity contribution in [3.8, 4) is 11.4 Å². The van der Waals surface area contributed by atoms with Crippen molar-refractivity contribution in [2.45, 2.75) is 12.6 Å². The first-order chi connectivity index (χ1) is 12.8. The van der Waals surface area contributed by atoms with Gasteiger partial charge in [0.25, 0.3) is 0 Å². The highest BCUT2D eigenvalue weighted by atomic mass is 32.1. The van der Waals surface area contributed by atoms with Crippen molar-refractivity contribution in [2.24, 2.45) is 0 Å². The highest BCUT2D eigenvalue weighted by molar-refractivity contribution is 7.08. The van der Waals surface area contributed by atoms with Gasteiger partial charge < -0.3 is 4.52 Å². The Balaban J connectivity index is 1.54. The topological polar surface area (TPSA) is 51.0 Å². The number of hydrogen-bond donors (Lipinski definition) is 1. The second-order valence-electron chi connectivity index (χ2n) is 5.80. The Labute approximate surface area is 154 Å². The van der Waals surface area contributed by atoms with Crippen LogP contribution in [0.5, 0.6) is 0 Å². The van der Waals surface area contributed by atoms with Gasteiger partial charge in [-0.05, 0) is 34.7 Å². The Bertz CT molecular complexity index is 952. The summed E-state index contributed by atoms with van der Waals surface area (Å²) in [5.74, 6) is 0.841. The quantitative estimate of drug-likeness (QED) is 0.532. The number of aromatic nitrogens is 2. The average molecular weight is 365 g/mol. The summed E-state index contributed by atoms with van der Waals surface area (Å²) in [6.07, 6.45) is 0. The molecule has 2 heterocycles. The fourth-order valence-corrected chi connectivity index (χ4v) is 3.39. The molecule has 0 saturated carbocycles. The molecule has 0 bridgehead atoms. The molecule has 4 aromatic rings. The van der Waals surface area contributed by atoms with Gasteiger partial charge in [-0.1, -0.05) is 47.6 Å². The van der Waals surface area contributed by atoms with Gasteiger partial charge >= 0.3 is 0 Å². The van der Waals surface area contributed by atoms with Gasteiger partial charge in [-0.25, -0.2) is 4.39 Å². The number of hydrogen-bond acceptors (Lipinski definition) is 5. The standard InChI is InChI=1S/C20H16FN3OS/c21-17-8-6-15(7-9-17)19(14-4-2-1-3-5-14)22-12-18-23-20(24-25-18)16-10-11-26-13-16/h1-11,13,19,22H,12H2. The maximum atomic E-state index is 13.3. The van der Waals surface area contributed by atoms with Gasteiger partial charge in [-0.15, -0.1) is 0 Å². The third-order valence-electron chi connectivity index (χ3n) is 4.04. The Hall–Kier alpha value is -2.83. The van der Waals surface area contributed by atoms with E-state index in [4.69, 9.17) is 4.52 Å². The van der Waals surface area contributed by atoms with E-state index < -0.39 is 0 Å². The molecule has 0 aliphatic rings. The van der Waals surface area contributed by atoms with Gasteiger partial charge in [0.1, 0.15) is 5.82 Å². The molecule has 4 rings (SSSR count). The van der Waals surface area contributed by atoms with Crippen molar-refractivity contribution < 1.29 is 8.91 Å². The first-order valence-electron chi connectivity index (χ1n) is 8.18. The average Bonchev–Trinajstić information content (AvgIpc) is 3.36. The number of benzene rings is 2. The van der Waals surface area contributed by atoms with Crippen LogP contribution in [0.25, 0.3) is 11.4 Å². The molecule has 4 nitrogen and oxygen atoms in total. The number of nitrogens with one attached hydrogen (secondary N) is 1. The second kappa shape index (κ2) is 7.59. The minimum Gasteiger partial charge on any atom is -0.338 e. The van der Waals surface area contributed by atoms with Crippen LogP contribution < -0.4 is 5.32 Å². The summed E-state index contributed by atoms with van der Waals surface area (Å²) < 4.78 is 18.6. The molecule has 0 aliphatic heterocycles. The fraction of sp³-hybridized carbons (Fsp3) is 0.100. The van der Waals surface area contributed by atoms with Crippen LogP contribution in [0.2, 0.25) is 0 Å². The predicted molar refractivity (Wildman–Crippen MR) is 99.1 cm³/mol. The van der Waals surface area contributed by atoms with E-state index in [2.05, 4.69) is 15.5 Å². The first-order valence-corrected chi connectivity index (χ1v) is 9.13. The molecule has 0 spiro atoms. The zero-order chi connectivity index (χ0) is 17.8. The molecule has 1 atom stereocenters. The number of thiophene rings is 1. The van der Waals surface area contributed by atoms with Crippen LogP contribution >= 0.6 is 11.3 Å². The van der Waals surface area contributed by atoms with Crippen molar-refractivity contribution in [1.29, 1.82) is 0 Å². The maximum Gasteiger partial charge on any atom is 0.240 e. The van der Waals surface area contributed by atoms with Gasteiger partial charge in [0, 0.05) is 10.9 Å². The predicted octanol–water partition coefficient (Wildman–Crippen LogP) is 4.82. The molecule has 0 aliphatic carbocycles. The largest absolute Gasteiger partial charge is 0.338 e. The molecule has 1 N–H and O–H groups in total. The number of nitrogens with zero attached hydrogens (tertiary/aromatic N) is 2. The third kappa shape index (κ3) is 3.71. The summed E-state index contributed by atoms with van der Waals surface area (Å²) in [5, 5.41) is 11.4.